The standard InChI is InChI=1S/C18H16N2O3/c1-11-6-8-12(9-7-11)19-17(21)18-10-14(18)16(20-22)13-4-2-3-5-15(13)23-18/h2-9,14,22H,10H2,1H3,(H,19,21)/b20-16+/t14-,18-/m1/s1. The largest absolute Gasteiger partial charge is 0.476 e. The Balaban J connectivity index is 1.63. The third kappa shape index (κ3) is 2.08. The fourth-order valence-electron chi connectivity index (χ4n) is 3.12. The van der Waals surface area contributed by atoms with Gasteiger partial charge in [-0.05, 0) is 31.2 Å². The normalized spacial score (nSPS) is 26.0. The molecular formula is C18H16N2O3. The Morgan fingerprint density at radius 2 is 2.00 bits per heavy atom. The van der Waals surface area contributed by atoms with Crippen molar-refractivity contribution in [2.45, 2.75) is 18.9 Å². The molecule has 2 atom stereocenters. The number of amides is 1. The van der Waals surface area contributed by atoms with Gasteiger partial charge in [0.05, 0.1) is 11.6 Å². The van der Waals surface area contributed by atoms with Crippen molar-refractivity contribution in [3.05, 3.63) is 59.7 Å². The van der Waals surface area contributed by atoms with E-state index >= 15 is 0 Å². The van der Waals surface area contributed by atoms with Gasteiger partial charge in [0.1, 0.15) is 5.75 Å². The lowest BCUT2D eigenvalue weighted by atomic mass is 9.99. The van der Waals surface area contributed by atoms with Gasteiger partial charge in [-0.15, -0.1) is 0 Å². The molecule has 0 saturated heterocycles. The molecule has 0 radical (unpaired) electrons. The zero-order valence-electron chi connectivity index (χ0n) is 12.6. The minimum absolute atomic E-state index is 0.206. The number of benzene rings is 2. The van der Waals surface area contributed by atoms with Gasteiger partial charge in [0.15, 0.2) is 5.60 Å². The van der Waals surface area contributed by atoms with E-state index in [1.54, 1.807) is 6.07 Å². The Morgan fingerprint density at radius 1 is 1.26 bits per heavy atom. The number of anilines is 1. The first-order valence-electron chi connectivity index (χ1n) is 7.52. The first-order chi connectivity index (χ1) is 11.1. The van der Waals surface area contributed by atoms with E-state index in [1.165, 1.54) is 0 Å². The first kappa shape index (κ1) is 13.8. The maximum absolute atomic E-state index is 12.7. The summed E-state index contributed by atoms with van der Waals surface area (Å²) in [5.41, 5.74) is 2.15. The highest BCUT2D eigenvalue weighted by atomic mass is 16.5. The van der Waals surface area contributed by atoms with Crippen LogP contribution in [0.5, 0.6) is 5.75 Å². The van der Waals surface area contributed by atoms with Crippen molar-refractivity contribution in [2.75, 3.05) is 5.32 Å². The molecule has 1 heterocycles. The maximum atomic E-state index is 12.7. The number of aryl methyl sites for hydroxylation is 1. The van der Waals surface area contributed by atoms with Crippen LogP contribution >= 0.6 is 0 Å². The predicted octanol–water partition coefficient (Wildman–Crippen LogP) is 2.96. The molecule has 2 aliphatic rings. The van der Waals surface area contributed by atoms with Gasteiger partial charge in [-0.3, -0.25) is 4.79 Å². The van der Waals surface area contributed by atoms with Crippen LogP contribution in [-0.2, 0) is 4.79 Å². The van der Waals surface area contributed by atoms with Crippen molar-refractivity contribution >= 4 is 17.3 Å². The fraction of sp³-hybridized carbons (Fsp3) is 0.222. The minimum atomic E-state index is -0.971. The van der Waals surface area contributed by atoms with Crippen molar-refractivity contribution in [3.63, 3.8) is 0 Å². The third-order valence-corrected chi connectivity index (χ3v) is 4.50. The number of carbonyl (C=O) groups excluding carboxylic acids is 1. The van der Waals surface area contributed by atoms with Crippen LogP contribution in [0.2, 0.25) is 0 Å². The molecule has 4 rings (SSSR count). The lowest BCUT2D eigenvalue weighted by Gasteiger charge is -2.25. The van der Waals surface area contributed by atoms with Gasteiger partial charge < -0.3 is 15.3 Å². The van der Waals surface area contributed by atoms with Crippen LogP contribution in [0.4, 0.5) is 5.69 Å². The second kappa shape index (κ2) is 4.84. The predicted molar refractivity (Wildman–Crippen MR) is 86.0 cm³/mol. The van der Waals surface area contributed by atoms with Gasteiger partial charge in [0.25, 0.3) is 5.91 Å². The number of carbonyl (C=O) groups is 1. The molecule has 0 unspecified atom stereocenters. The van der Waals surface area contributed by atoms with E-state index in [9.17, 15) is 10.0 Å². The second-order valence-electron chi connectivity index (χ2n) is 6.05. The van der Waals surface area contributed by atoms with Crippen molar-refractivity contribution in [1.82, 2.24) is 0 Å². The highest BCUT2D eigenvalue weighted by Gasteiger charge is 2.68. The molecule has 5 heteroatoms. The third-order valence-electron chi connectivity index (χ3n) is 4.50. The molecule has 1 fully saturated rings. The van der Waals surface area contributed by atoms with Crippen LogP contribution in [0.15, 0.2) is 53.7 Å². The molecule has 23 heavy (non-hydrogen) atoms. The molecule has 0 aromatic heterocycles. The average Bonchev–Trinajstić information content (AvgIpc) is 3.30. The van der Waals surface area contributed by atoms with Gasteiger partial charge in [0.2, 0.25) is 0 Å². The lowest BCUT2D eigenvalue weighted by Crippen LogP contribution is -2.41. The molecule has 0 spiro atoms. The summed E-state index contributed by atoms with van der Waals surface area (Å²) in [4.78, 5) is 12.7. The molecule has 5 nitrogen and oxygen atoms in total. The van der Waals surface area contributed by atoms with E-state index in [1.807, 2.05) is 49.4 Å². The zero-order chi connectivity index (χ0) is 16.0. The van der Waals surface area contributed by atoms with Gasteiger partial charge >= 0.3 is 0 Å². The average molecular weight is 308 g/mol. The molecule has 0 bridgehead atoms. The summed E-state index contributed by atoms with van der Waals surface area (Å²) in [5.74, 6) is 0.156. The number of rotatable bonds is 2. The first-order valence-corrected chi connectivity index (χ1v) is 7.52. The van der Waals surface area contributed by atoms with Crippen molar-refractivity contribution in [1.29, 1.82) is 0 Å². The SMILES string of the molecule is Cc1ccc(NC(=O)[C@@]23C[C@@H]2/C(=N/O)c2ccccc2O3)cc1. The summed E-state index contributed by atoms with van der Waals surface area (Å²) < 4.78 is 5.98. The van der Waals surface area contributed by atoms with Crippen molar-refractivity contribution in [3.8, 4) is 5.75 Å². The van der Waals surface area contributed by atoms with E-state index in [4.69, 9.17) is 4.74 Å². The van der Waals surface area contributed by atoms with Crippen LogP contribution in [0, 0.1) is 12.8 Å². The highest BCUT2D eigenvalue weighted by molar-refractivity contribution is 6.15. The molecule has 2 aromatic rings. The molecule has 1 aliphatic carbocycles. The summed E-state index contributed by atoms with van der Waals surface area (Å²) in [5, 5.41) is 15.7. The van der Waals surface area contributed by atoms with E-state index in [0.717, 1.165) is 16.8 Å². The minimum Gasteiger partial charge on any atom is -0.476 e. The van der Waals surface area contributed by atoms with Gasteiger partial charge in [-0.2, -0.15) is 0 Å². The lowest BCUT2D eigenvalue weighted by molar-refractivity contribution is -0.125. The number of ether oxygens (including phenoxy) is 1. The number of fused-ring (bicyclic) bond motifs is 2. The van der Waals surface area contributed by atoms with E-state index in [-0.39, 0.29) is 11.8 Å². The molecular weight excluding hydrogens is 292 g/mol. The van der Waals surface area contributed by atoms with E-state index < -0.39 is 5.60 Å². The summed E-state index contributed by atoms with van der Waals surface area (Å²) >= 11 is 0. The molecule has 1 aliphatic heterocycles. The van der Waals surface area contributed by atoms with Crippen LogP contribution < -0.4 is 10.1 Å². The topological polar surface area (TPSA) is 70.9 Å². The molecule has 116 valence electrons. The second-order valence-corrected chi connectivity index (χ2v) is 6.05. The summed E-state index contributed by atoms with van der Waals surface area (Å²) in [6, 6.07) is 14.9. The Kier molecular flexibility index (Phi) is 2.91. The molecule has 1 saturated carbocycles. The summed E-state index contributed by atoms with van der Waals surface area (Å²) in [6.07, 6.45) is 0.513. The van der Waals surface area contributed by atoms with Crippen LogP contribution in [0.1, 0.15) is 17.5 Å². The number of hydrogen-bond donors (Lipinski definition) is 2. The molecule has 1 amide bonds. The van der Waals surface area contributed by atoms with E-state index in [2.05, 4.69) is 10.5 Å². The van der Waals surface area contributed by atoms with Crippen LogP contribution in [0.3, 0.4) is 0 Å². The Hall–Kier alpha value is -2.82. The Morgan fingerprint density at radius 3 is 2.74 bits per heavy atom. The molecule has 2 N–H and O–H groups in total. The number of para-hydroxylation sites is 1. The van der Waals surface area contributed by atoms with Gasteiger partial charge in [0, 0.05) is 17.7 Å². The number of oxime groups is 1. The Labute approximate surface area is 133 Å². The molecule has 2 aromatic carbocycles. The van der Waals surface area contributed by atoms with E-state index in [0.29, 0.717) is 17.9 Å². The zero-order valence-corrected chi connectivity index (χ0v) is 12.6. The Bertz CT molecular complexity index is 813. The fourth-order valence-corrected chi connectivity index (χ4v) is 3.12. The van der Waals surface area contributed by atoms with Crippen molar-refractivity contribution in [2.24, 2.45) is 11.1 Å². The summed E-state index contributed by atoms with van der Waals surface area (Å²) in [7, 11) is 0. The van der Waals surface area contributed by atoms with Crippen molar-refractivity contribution < 1.29 is 14.7 Å². The number of nitrogens with one attached hydrogen (secondary N) is 1. The number of nitrogens with zero attached hydrogens (tertiary/aromatic N) is 1. The van der Waals surface area contributed by atoms with Gasteiger partial charge in [-0.25, -0.2) is 0 Å². The maximum Gasteiger partial charge on any atom is 0.269 e. The quantitative estimate of drug-likeness (QED) is 0.662. The summed E-state index contributed by atoms with van der Waals surface area (Å²) in [6.45, 7) is 1.99. The number of hydrogen-bond acceptors (Lipinski definition) is 4. The van der Waals surface area contributed by atoms with Crippen LogP contribution in [-0.4, -0.2) is 22.4 Å². The van der Waals surface area contributed by atoms with Gasteiger partial charge in [-0.1, -0.05) is 35.0 Å². The smallest absolute Gasteiger partial charge is 0.269 e. The monoisotopic (exact) mass is 308 g/mol. The van der Waals surface area contributed by atoms with Crippen LogP contribution in [0.25, 0.3) is 0 Å². The highest BCUT2D eigenvalue weighted by Crippen LogP contribution is 2.54.